The molecule has 1 aromatic carbocycles. The molecule has 0 amide bonds. The van der Waals surface area contributed by atoms with E-state index in [4.69, 9.17) is 0 Å². The summed E-state index contributed by atoms with van der Waals surface area (Å²) in [5.41, 5.74) is 0.834. The number of likely N-dealkylation sites (N-methyl/N-ethyl adjacent to an activating group) is 2. The molecule has 0 aromatic heterocycles. The molecule has 2 rings (SSSR count). The van der Waals surface area contributed by atoms with Crippen molar-refractivity contribution in [1.29, 1.82) is 0 Å². The van der Waals surface area contributed by atoms with Crippen LogP contribution >= 0.6 is 0 Å². The van der Waals surface area contributed by atoms with Crippen LogP contribution in [-0.2, 0) is 0 Å². The lowest BCUT2D eigenvalue weighted by molar-refractivity contribution is 0.0557. The average Bonchev–Trinajstić information content (AvgIpc) is 2.46. The lowest BCUT2D eigenvalue weighted by Gasteiger charge is -2.49. The molecule has 2 nitrogen and oxygen atoms in total. The van der Waals surface area contributed by atoms with Gasteiger partial charge in [-0.25, -0.2) is 4.39 Å². The van der Waals surface area contributed by atoms with Crippen LogP contribution in [0.2, 0.25) is 0 Å². The minimum absolute atomic E-state index is 0.0243. The van der Waals surface area contributed by atoms with E-state index in [1.54, 1.807) is 12.1 Å². The summed E-state index contributed by atoms with van der Waals surface area (Å²) in [5, 5.41) is 3.55. The zero-order valence-corrected chi connectivity index (χ0v) is 13.0. The van der Waals surface area contributed by atoms with Crippen molar-refractivity contribution in [3.05, 3.63) is 35.6 Å². The third-order valence-corrected chi connectivity index (χ3v) is 4.77. The number of nitrogens with zero attached hydrogens (tertiary/aromatic N) is 1. The Hall–Kier alpha value is -0.930. The minimum Gasteiger partial charge on any atom is -0.309 e. The topological polar surface area (TPSA) is 15.3 Å². The van der Waals surface area contributed by atoms with E-state index in [0.29, 0.717) is 0 Å². The summed E-state index contributed by atoms with van der Waals surface area (Å²) in [4.78, 5) is 2.31. The molecule has 0 aliphatic heterocycles. The van der Waals surface area contributed by atoms with E-state index in [1.807, 2.05) is 12.1 Å². The van der Waals surface area contributed by atoms with Gasteiger partial charge in [0.2, 0.25) is 0 Å². The third kappa shape index (κ3) is 2.89. The van der Waals surface area contributed by atoms with Crippen LogP contribution in [0.15, 0.2) is 24.3 Å². The normalized spacial score (nSPS) is 20.1. The molecule has 3 heteroatoms. The number of hydrogen-bond acceptors (Lipinski definition) is 2. The molecule has 0 spiro atoms. The lowest BCUT2D eigenvalue weighted by Crippen LogP contribution is -2.55. The molecule has 0 saturated heterocycles. The van der Waals surface area contributed by atoms with E-state index < -0.39 is 0 Å². The van der Waals surface area contributed by atoms with E-state index in [0.717, 1.165) is 24.9 Å². The lowest BCUT2D eigenvalue weighted by atomic mass is 9.73. The smallest absolute Gasteiger partial charge is 0.128 e. The standard InChI is InChI=1S/C17H27FN2/c1-4-19-16(14-10-6-7-11-15(14)18)17(20(2)3)12-8-5-9-13-17/h6-7,10-11,16,19H,4-5,8-9,12-13H2,1-3H3. The van der Waals surface area contributed by atoms with Crippen molar-refractivity contribution in [1.82, 2.24) is 10.2 Å². The SMILES string of the molecule is CCNC(c1ccccc1F)C1(N(C)C)CCCCC1. The van der Waals surface area contributed by atoms with Gasteiger partial charge in [-0.2, -0.15) is 0 Å². The zero-order chi connectivity index (χ0) is 14.6. The van der Waals surface area contributed by atoms with Crippen molar-refractivity contribution in [2.24, 2.45) is 0 Å². The summed E-state index contributed by atoms with van der Waals surface area (Å²) in [6, 6.07) is 7.28. The van der Waals surface area contributed by atoms with Crippen molar-refractivity contribution in [2.75, 3.05) is 20.6 Å². The Bertz CT molecular complexity index is 425. The molecule has 0 bridgehead atoms. The van der Waals surface area contributed by atoms with Crippen molar-refractivity contribution in [3.63, 3.8) is 0 Å². The summed E-state index contributed by atoms with van der Waals surface area (Å²) in [7, 11) is 4.27. The second-order valence-corrected chi connectivity index (χ2v) is 6.07. The highest BCUT2D eigenvalue weighted by molar-refractivity contribution is 5.26. The zero-order valence-electron chi connectivity index (χ0n) is 13.0. The van der Waals surface area contributed by atoms with Crippen LogP contribution in [0.4, 0.5) is 4.39 Å². The Morgan fingerprint density at radius 3 is 2.40 bits per heavy atom. The van der Waals surface area contributed by atoms with Gasteiger partial charge in [-0.1, -0.05) is 44.4 Å². The molecule has 1 saturated carbocycles. The van der Waals surface area contributed by atoms with Crippen LogP contribution in [0.1, 0.15) is 50.6 Å². The third-order valence-electron chi connectivity index (χ3n) is 4.77. The van der Waals surface area contributed by atoms with Crippen LogP contribution in [0.5, 0.6) is 0 Å². The largest absolute Gasteiger partial charge is 0.309 e. The van der Waals surface area contributed by atoms with Gasteiger partial charge in [0.15, 0.2) is 0 Å². The van der Waals surface area contributed by atoms with Gasteiger partial charge in [-0.15, -0.1) is 0 Å². The molecule has 20 heavy (non-hydrogen) atoms. The van der Waals surface area contributed by atoms with Gasteiger partial charge in [0, 0.05) is 11.1 Å². The number of benzene rings is 1. The quantitative estimate of drug-likeness (QED) is 0.882. The fourth-order valence-corrected chi connectivity index (χ4v) is 3.66. The van der Waals surface area contributed by atoms with Crippen LogP contribution in [-0.4, -0.2) is 31.1 Å². The maximum atomic E-state index is 14.3. The first kappa shape index (κ1) is 15.5. The molecule has 112 valence electrons. The summed E-state index contributed by atoms with van der Waals surface area (Å²) in [5.74, 6) is -0.0924. The Morgan fingerprint density at radius 1 is 1.20 bits per heavy atom. The van der Waals surface area contributed by atoms with Gasteiger partial charge in [0.1, 0.15) is 5.82 Å². The fraction of sp³-hybridized carbons (Fsp3) is 0.647. The highest BCUT2D eigenvalue weighted by Crippen LogP contribution is 2.42. The van der Waals surface area contributed by atoms with E-state index in [1.165, 1.54) is 19.3 Å². The fourth-order valence-electron chi connectivity index (χ4n) is 3.66. The first-order chi connectivity index (χ1) is 9.62. The average molecular weight is 278 g/mol. The summed E-state index contributed by atoms with van der Waals surface area (Å²) in [6.45, 7) is 2.95. The summed E-state index contributed by atoms with van der Waals surface area (Å²) >= 11 is 0. The Balaban J connectivity index is 2.42. The monoisotopic (exact) mass is 278 g/mol. The van der Waals surface area contributed by atoms with Crippen LogP contribution in [0.3, 0.4) is 0 Å². The highest BCUT2D eigenvalue weighted by atomic mass is 19.1. The second-order valence-electron chi connectivity index (χ2n) is 6.07. The van der Waals surface area contributed by atoms with Gasteiger partial charge < -0.3 is 10.2 Å². The predicted octanol–water partition coefficient (Wildman–Crippen LogP) is 3.74. The molecule has 0 heterocycles. The van der Waals surface area contributed by atoms with Crippen LogP contribution in [0.25, 0.3) is 0 Å². The van der Waals surface area contributed by atoms with Gasteiger partial charge >= 0.3 is 0 Å². The summed E-state index contributed by atoms with van der Waals surface area (Å²) < 4.78 is 14.3. The molecule has 1 aliphatic rings. The Labute approximate surface area is 122 Å². The van der Waals surface area contributed by atoms with Gasteiger partial charge in [-0.3, -0.25) is 0 Å². The van der Waals surface area contributed by atoms with Crippen molar-refractivity contribution < 1.29 is 4.39 Å². The first-order valence-corrected chi connectivity index (χ1v) is 7.77. The van der Waals surface area contributed by atoms with Crippen molar-refractivity contribution in [2.45, 2.75) is 50.6 Å². The minimum atomic E-state index is -0.0924. The molecule has 1 aliphatic carbocycles. The maximum absolute atomic E-state index is 14.3. The van der Waals surface area contributed by atoms with Crippen LogP contribution in [0, 0.1) is 5.82 Å². The van der Waals surface area contributed by atoms with Gasteiger partial charge in [-0.05, 0) is 39.5 Å². The van der Waals surface area contributed by atoms with Crippen LogP contribution < -0.4 is 5.32 Å². The van der Waals surface area contributed by atoms with Crippen molar-refractivity contribution >= 4 is 0 Å². The van der Waals surface area contributed by atoms with Gasteiger partial charge in [0.25, 0.3) is 0 Å². The maximum Gasteiger partial charge on any atom is 0.128 e. The number of hydrogen-bond donors (Lipinski definition) is 1. The van der Waals surface area contributed by atoms with E-state index in [-0.39, 0.29) is 17.4 Å². The number of halogens is 1. The Morgan fingerprint density at radius 2 is 1.85 bits per heavy atom. The molecule has 1 N–H and O–H groups in total. The molecule has 1 aromatic rings. The van der Waals surface area contributed by atoms with E-state index in [2.05, 4.69) is 31.2 Å². The molecule has 1 fully saturated rings. The Kier molecular flexibility index (Phi) is 5.17. The molecule has 1 atom stereocenters. The molecule has 0 radical (unpaired) electrons. The molecular formula is C17H27FN2. The second kappa shape index (κ2) is 6.68. The number of rotatable bonds is 5. The highest BCUT2D eigenvalue weighted by Gasteiger charge is 2.42. The van der Waals surface area contributed by atoms with Gasteiger partial charge in [0.05, 0.1) is 6.04 Å². The van der Waals surface area contributed by atoms with E-state index in [9.17, 15) is 4.39 Å². The van der Waals surface area contributed by atoms with Crippen molar-refractivity contribution in [3.8, 4) is 0 Å². The molecule has 1 unspecified atom stereocenters. The first-order valence-electron chi connectivity index (χ1n) is 7.77. The molecular weight excluding hydrogens is 251 g/mol. The van der Waals surface area contributed by atoms with E-state index >= 15 is 0 Å². The number of nitrogens with one attached hydrogen (secondary N) is 1. The predicted molar refractivity (Wildman–Crippen MR) is 82.3 cm³/mol. The summed E-state index contributed by atoms with van der Waals surface area (Å²) in [6.07, 6.45) is 6.02.